The van der Waals surface area contributed by atoms with Gasteiger partial charge < -0.3 is 9.47 Å². The molecule has 2 aliphatic rings. The second-order valence-corrected chi connectivity index (χ2v) is 9.91. The molecule has 0 unspecified atom stereocenters. The Bertz CT molecular complexity index is 1440. The summed E-state index contributed by atoms with van der Waals surface area (Å²) in [5.41, 5.74) is 1.57. The first-order valence-corrected chi connectivity index (χ1v) is 12.8. The van der Waals surface area contributed by atoms with Crippen LogP contribution in [0.1, 0.15) is 11.1 Å². The fourth-order valence-corrected chi connectivity index (χ4v) is 4.92. The number of halogens is 2. The molecule has 0 aromatic heterocycles. The first-order valence-electron chi connectivity index (χ1n) is 10.8. The fourth-order valence-electron chi connectivity index (χ4n) is 3.45. The van der Waals surface area contributed by atoms with E-state index in [1.807, 2.05) is 60.7 Å². The van der Waals surface area contributed by atoms with Crippen molar-refractivity contribution in [2.24, 2.45) is 10.1 Å². The van der Waals surface area contributed by atoms with Gasteiger partial charge in [-0.1, -0.05) is 57.9 Å². The molecule has 1 amide bonds. The van der Waals surface area contributed by atoms with E-state index in [-0.39, 0.29) is 11.4 Å². The van der Waals surface area contributed by atoms with Crippen molar-refractivity contribution in [1.82, 2.24) is 5.01 Å². The highest BCUT2D eigenvalue weighted by atomic mass is 79.9. The number of fused-ring (bicyclic) bond motifs is 1. The Morgan fingerprint density at radius 1 is 1.00 bits per heavy atom. The van der Waals surface area contributed by atoms with Gasteiger partial charge in [-0.15, -0.1) is 0 Å². The minimum absolute atomic E-state index is 0.0474. The van der Waals surface area contributed by atoms with Gasteiger partial charge in [0.15, 0.2) is 5.84 Å². The van der Waals surface area contributed by atoms with E-state index in [1.165, 1.54) is 16.8 Å². The molecule has 0 aliphatic carbocycles. The second-order valence-electron chi connectivity index (χ2n) is 7.63. The van der Waals surface area contributed by atoms with Crippen LogP contribution in [0, 0.1) is 5.41 Å². The summed E-state index contributed by atoms with van der Waals surface area (Å²) in [6.07, 6.45) is 1.61. The third kappa shape index (κ3) is 5.38. The number of amides is 1. The van der Waals surface area contributed by atoms with Gasteiger partial charge in [0, 0.05) is 10.0 Å². The van der Waals surface area contributed by atoms with Crippen LogP contribution in [0.2, 0.25) is 5.02 Å². The lowest BCUT2D eigenvalue weighted by Gasteiger charge is -2.20. The molecule has 2 heterocycles. The highest BCUT2D eigenvalue weighted by Gasteiger charge is 2.36. The van der Waals surface area contributed by atoms with E-state index in [4.69, 9.17) is 26.5 Å². The minimum atomic E-state index is -0.497. The van der Waals surface area contributed by atoms with Crippen LogP contribution >= 0.6 is 39.3 Å². The Balaban J connectivity index is 1.27. The van der Waals surface area contributed by atoms with Crippen molar-refractivity contribution < 1.29 is 14.3 Å². The Morgan fingerprint density at radius 3 is 2.53 bits per heavy atom. The molecule has 1 N–H and O–H groups in total. The maximum atomic E-state index is 12.7. The molecule has 0 bridgehead atoms. The molecule has 0 saturated carbocycles. The molecule has 0 fully saturated rings. The SMILES string of the molecule is N=C1/C(=C\c2cccc(OCCOc3ccc(Br)cc3)c2)C(=O)N=C2SC(c3ccccc3Cl)=NN12. The van der Waals surface area contributed by atoms with E-state index in [1.54, 1.807) is 18.2 Å². The topological polar surface area (TPSA) is 87.3 Å². The van der Waals surface area contributed by atoms with Crippen molar-refractivity contribution in [1.29, 1.82) is 5.41 Å². The number of hydrazone groups is 1. The second kappa shape index (κ2) is 10.7. The third-order valence-corrected chi connectivity index (χ3v) is 6.96. The summed E-state index contributed by atoms with van der Waals surface area (Å²) in [4.78, 5) is 16.9. The van der Waals surface area contributed by atoms with Gasteiger partial charge in [-0.25, -0.2) is 0 Å². The summed E-state index contributed by atoms with van der Waals surface area (Å²) in [5, 5.41) is 15.9. The molecule has 0 spiro atoms. The Morgan fingerprint density at radius 2 is 1.75 bits per heavy atom. The van der Waals surface area contributed by atoms with Crippen molar-refractivity contribution >= 4 is 67.3 Å². The number of carbonyl (C=O) groups excluding carboxylic acids is 1. The summed E-state index contributed by atoms with van der Waals surface area (Å²) in [7, 11) is 0. The summed E-state index contributed by atoms with van der Waals surface area (Å²) >= 11 is 10.9. The third-order valence-electron chi connectivity index (χ3n) is 5.16. The maximum absolute atomic E-state index is 12.7. The number of nitrogens with one attached hydrogen (secondary N) is 1. The molecule has 0 saturated heterocycles. The van der Waals surface area contributed by atoms with Crippen LogP contribution in [0.3, 0.4) is 0 Å². The van der Waals surface area contributed by atoms with Crippen molar-refractivity contribution in [3.63, 3.8) is 0 Å². The molecule has 10 heteroatoms. The van der Waals surface area contributed by atoms with Crippen LogP contribution in [0.25, 0.3) is 6.08 Å². The maximum Gasteiger partial charge on any atom is 0.283 e. The van der Waals surface area contributed by atoms with Gasteiger partial charge in [-0.2, -0.15) is 15.1 Å². The summed E-state index contributed by atoms with van der Waals surface area (Å²) in [5.74, 6) is 0.839. The van der Waals surface area contributed by atoms with E-state index in [0.717, 1.165) is 15.8 Å². The zero-order valence-corrected chi connectivity index (χ0v) is 21.8. The van der Waals surface area contributed by atoms with E-state index >= 15 is 0 Å². The van der Waals surface area contributed by atoms with E-state index in [9.17, 15) is 4.79 Å². The summed E-state index contributed by atoms with van der Waals surface area (Å²) in [6.45, 7) is 0.731. The van der Waals surface area contributed by atoms with Crippen molar-refractivity contribution in [3.05, 3.63) is 99.0 Å². The number of rotatable bonds is 7. The Labute approximate surface area is 225 Å². The average molecular weight is 582 g/mol. The molecule has 5 rings (SSSR count). The molecular formula is C26H18BrClN4O3S. The zero-order chi connectivity index (χ0) is 25.1. The number of thioether (sulfide) groups is 1. The molecule has 2 aliphatic heterocycles. The van der Waals surface area contributed by atoms with Crippen LogP contribution in [0.5, 0.6) is 11.5 Å². The number of ether oxygens (including phenoxy) is 2. The molecule has 0 atom stereocenters. The first-order chi connectivity index (χ1) is 17.5. The van der Waals surface area contributed by atoms with Crippen molar-refractivity contribution in [2.45, 2.75) is 0 Å². The highest BCUT2D eigenvalue weighted by molar-refractivity contribution is 9.10. The lowest BCUT2D eigenvalue weighted by Crippen LogP contribution is -2.35. The standard InChI is InChI=1S/C26H18BrClN4O3S/c27-17-8-10-18(11-9-17)34-12-13-35-19-5-3-4-16(14-19)15-21-23(29)32-26(30-24(21)33)36-25(31-32)20-6-1-2-7-22(20)28/h1-11,14-15,29H,12-13H2/b21-15+,29-23?. The largest absolute Gasteiger partial charge is 0.490 e. The number of aliphatic imine (C=N–C) groups is 1. The lowest BCUT2D eigenvalue weighted by molar-refractivity contribution is -0.114. The van der Waals surface area contributed by atoms with Gasteiger partial charge in [-0.05, 0) is 65.9 Å². The van der Waals surface area contributed by atoms with Crippen LogP contribution in [-0.4, -0.2) is 40.2 Å². The summed E-state index contributed by atoms with van der Waals surface area (Å²) in [6, 6.07) is 22.1. The monoisotopic (exact) mass is 580 g/mol. The Kier molecular flexibility index (Phi) is 7.22. The van der Waals surface area contributed by atoms with Gasteiger partial charge >= 0.3 is 0 Å². The number of amidine groups is 2. The molecule has 3 aromatic rings. The van der Waals surface area contributed by atoms with Crippen LogP contribution in [0.15, 0.2) is 92.9 Å². The predicted octanol–water partition coefficient (Wildman–Crippen LogP) is 6.23. The first kappa shape index (κ1) is 24.3. The van der Waals surface area contributed by atoms with Crippen molar-refractivity contribution in [3.8, 4) is 11.5 Å². The van der Waals surface area contributed by atoms with Crippen LogP contribution in [0.4, 0.5) is 0 Å². The van der Waals surface area contributed by atoms with Gasteiger partial charge in [0.2, 0.25) is 5.17 Å². The molecular weight excluding hydrogens is 564 g/mol. The van der Waals surface area contributed by atoms with E-state index in [0.29, 0.717) is 39.8 Å². The quantitative estimate of drug-likeness (QED) is 0.264. The van der Waals surface area contributed by atoms with E-state index in [2.05, 4.69) is 26.0 Å². The van der Waals surface area contributed by atoms with E-state index < -0.39 is 5.91 Å². The molecule has 180 valence electrons. The van der Waals surface area contributed by atoms with Crippen molar-refractivity contribution in [2.75, 3.05) is 13.2 Å². The zero-order valence-electron chi connectivity index (χ0n) is 18.7. The number of hydrogen-bond acceptors (Lipinski definition) is 6. The van der Waals surface area contributed by atoms with Gasteiger partial charge in [0.05, 0.1) is 10.6 Å². The highest BCUT2D eigenvalue weighted by Crippen LogP contribution is 2.33. The summed E-state index contributed by atoms with van der Waals surface area (Å²) < 4.78 is 12.5. The molecule has 0 radical (unpaired) electrons. The normalized spacial score (nSPS) is 16.1. The molecule has 3 aromatic carbocycles. The Hall–Kier alpha value is -3.40. The predicted molar refractivity (Wildman–Crippen MR) is 147 cm³/mol. The average Bonchev–Trinajstić information content (AvgIpc) is 3.30. The molecule has 7 nitrogen and oxygen atoms in total. The number of nitrogens with zero attached hydrogens (tertiary/aromatic N) is 3. The van der Waals surface area contributed by atoms with Crippen LogP contribution in [-0.2, 0) is 4.79 Å². The lowest BCUT2D eigenvalue weighted by atomic mass is 10.1. The van der Waals surface area contributed by atoms with Gasteiger partial charge in [0.25, 0.3) is 5.91 Å². The number of carbonyl (C=O) groups is 1. The number of benzene rings is 3. The van der Waals surface area contributed by atoms with Crippen LogP contribution < -0.4 is 9.47 Å². The smallest absolute Gasteiger partial charge is 0.283 e. The molecule has 36 heavy (non-hydrogen) atoms. The van der Waals surface area contributed by atoms with Gasteiger partial charge in [-0.3, -0.25) is 10.2 Å². The fraction of sp³-hybridized carbons (Fsp3) is 0.0769. The van der Waals surface area contributed by atoms with Gasteiger partial charge in [0.1, 0.15) is 29.8 Å². The minimum Gasteiger partial charge on any atom is -0.490 e. The number of hydrogen-bond donors (Lipinski definition) is 1.